The number of ketones is 1. The van der Waals surface area contributed by atoms with Gasteiger partial charge in [-0.05, 0) is 42.2 Å². The molecule has 23 heavy (non-hydrogen) atoms. The van der Waals surface area contributed by atoms with Crippen LogP contribution in [0.3, 0.4) is 0 Å². The van der Waals surface area contributed by atoms with E-state index < -0.39 is 5.97 Å². The minimum absolute atomic E-state index is 0.0307. The van der Waals surface area contributed by atoms with Crippen molar-refractivity contribution >= 4 is 11.8 Å². The SMILES string of the molecule is CC1(C)CCOc2ccc(C(=O)c3ccc(C(=O)O)cc3)cc21. The number of hydrogen-bond donors (Lipinski definition) is 1. The predicted molar refractivity (Wildman–Crippen MR) is 86.4 cm³/mol. The molecule has 2 aromatic rings. The Hall–Kier alpha value is -2.62. The Kier molecular flexibility index (Phi) is 3.68. The van der Waals surface area contributed by atoms with Crippen LogP contribution in [0.15, 0.2) is 42.5 Å². The summed E-state index contributed by atoms with van der Waals surface area (Å²) in [5.74, 6) is -0.290. The third-order valence-electron chi connectivity index (χ3n) is 4.35. The van der Waals surface area contributed by atoms with E-state index in [0.29, 0.717) is 17.7 Å². The van der Waals surface area contributed by atoms with Crippen molar-refractivity contribution in [2.45, 2.75) is 25.7 Å². The van der Waals surface area contributed by atoms with Crippen molar-refractivity contribution in [1.82, 2.24) is 0 Å². The van der Waals surface area contributed by atoms with Crippen molar-refractivity contribution in [3.05, 3.63) is 64.7 Å². The molecule has 118 valence electrons. The van der Waals surface area contributed by atoms with Crippen molar-refractivity contribution in [2.75, 3.05) is 6.61 Å². The molecule has 2 aromatic carbocycles. The lowest BCUT2D eigenvalue weighted by Gasteiger charge is -2.32. The van der Waals surface area contributed by atoms with Gasteiger partial charge < -0.3 is 9.84 Å². The molecule has 1 N–H and O–H groups in total. The normalized spacial score (nSPS) is 15.4. The summed E-state index contributed by atoms with van der Waals surface area (Å²) in [6, 6.07) is 11.5. The van der Waals surface area contributed by atoms with Gasteiger partial charge in [0.15, 0.2) is 5.78 Å². The zero-order valence-electron chi connectivity index (χ0n) is 13.1. The lowest BCUT2D eigenvalue weighted by atomic mass is 9.79. The molecule has 0 unspecified atom stereocenters. The number of fused-ring (bicyclic) bond motifs is 1. The highest BCUT2D eigenvalue weighted by Gasteiger charge is 2.29. The van der Waals surface area contributed by atoms with Crippen molar-refractivity contribution in [3.63, 3.8) is 0 Å². The zero-order chi connectivity index (χ0) is 16.6. The van der Waals surface area contributed by atoms with Crippen LogP contribution in [0.2, 0.25) is 0 Å². The molecule has 1 aliphatic rings. The predicted octanol–water partition coefficient (Wildman–Crippen LogP) is 3.68. The van der Waals surface area contributed by atoms with Gasteiger partial charge in [0, 0.05) is 16.7 Å². The second kappa shape index (κ2) is 5.54. The topological polar surface area (TPSA) is 63.6 Å². The molecular weight excluding hydrogens is 292 g/mol. The van der Waals surface area contributed by atoms with Crippen LogP contribution < -0.4 is 4.74 Å². The molecular formula is C19H18O4. The van der Waals surface area contributed by atoms with E-state index in [-0.39, 0.29) is 16.8 Å². The first-order chi connectivity index (χ1) is 10.9. The Balaban J connectivity index is 1.95. The van der Waals surface area contributed by atoms with E-state index in [4.69, 9.17) is 9.84 Å². The van der Waals surface area contributed by atoms with Gasteiger partial charge in [-0.3, -0.25) is 4.79 Å². The number of hydrogen-bond acceptors (Lipinski definition) is 3. The molecule has 0 amide bonds. The van der Waals surface area contributed by atoms with Gasteiger partial charge in [-0.25, -0.2) is 4.79 Å². The average Bonchev–Trinajstić information content (AvgIpc) is 2.54. The van der Waals surface area contributed by atoms with Gasteiger partial charge in [0.1, 0.15) is 5.75 Å². The third kappa shape index (κ3) is 2.84. The minimum Gasteiger partial charge on any atom is -0.493 e. The second-order valence-corrected chi connectivity index (χ2v) is 6.40. The van der Waals surface area contributed by atoms with Crippen molar-refractivity contribution in [1.29, 1.82) is 0 Å². The number of carbonyl (C=O) groups is 2. The minimum atomic E-state index is -1.00. The first kappa shape index (κ1) is 15.3. The van der Waals surface area contributed by atoms with E-state index in [2.05, 4.69) is 13.8 Å². The number of aromatic carboxylic acids is 1. The highest BCUT2D eigenvalue weighted by molar-refractivity contribution is 6.09. The van der Waals surface area contributed by atoms with Gasteiger partial charge in [0.05, 0.1) is 12.2 Å². The Morgan fingerprint density at radius 1 is 1.00 bits per heavy atom. The summed E-state index contributed by atoms with van der Waals surface area (Å²) < 4.78 is 5.67. The van der Waals surface area contributed by atoms with E-state index in [9.17, 15) is 9.59 Å². The van der Waals surface area contributed by atoms with Crippen LogP contribution in [0.25, 0.3) is 0 Å². The van der Waals surface area contributed by atoms with Crippen molar-refractivity contribution < 1.29 is 19.4 Å². The lowest BCUT2D eigenvalue weighted by molar-refractivity contribution is 0.0696. The fourth-order valence-electron chi connectivity index (χ4n) is 2.81. The maximum absolute atomic E-state index is 12.6. The van der Waals surface area contributed by atoms with Gasteiger partial charge in [0.2, 0.25) is 0 Å². The van der Waals surface area contributed by atoms with Crippen molar-refractivity contribution in [2.24, 2.45) is 0 Å². The standard InChI is InChI=1S/C19H18O4/c1-19(2)9-10-23-16-8-7-14(11-15(16)19)17(20)12-3-5-13(6-4-12)18(21)22/h3-8,11H,9-10H2,1-2H3,(H,21,22). The fourth-order valence-corrected chi connectivity index (χ4v) is 2.81. The largest absolute Gasteiger partial charge is 0.493 e. The number of benzene rings is 2. The number of carbonyl (C=O) groups excluding carboxylic acids is 1. The molecule has 0 saturated heterocycles. The summed E-state index contributed by atoms with van der Waals surface area (Å²) in [4.78, 5) is 23.5. The van der Waals surface area contributed by atoms with E-state index >= 15 is 0 Å². The molecule has 0 fully saturated rings. The van der Waals surface area contributed by atoms with Crippen LogP contribution in [0.5, 0.6) is 5.75 Å². The van der Waals surface area contributed by atoms with Crippen LogP contribution in [0.1, 0.15) is 52.1 Å². The van der Waals surface area contributed by atoms with Crippen LogP contribution in [0.4, 0.5) is 0 Å². The molecule has 0 spiro atoms. The van der Waals surface area contributed by atoms with Crippen LogP contribution in [-0.4, -0.2) is 23.5 Å². The van der Waals surface area contributed by atoms with Gasteiger partial charge in [-0.15, -0.1) is 0 Å². The molecule has 4 heteroatoms. The average molecular weight is 310 g/mol. The molecule has 4 nitrogen and oxygen atoms in total. The van der Waals surface area contributed by atoms with Gasteiger partial charge >= 0.3 is 5.97 Å². The van der Waals surface area contributed by atoms with E-state index in [1.165, 1.54) is 12.1 Å². The van der Waals surface area contributed by atoms with Crippen molar-refractivity contribution in [3.8, 4) is 5.75 Å². The summed E-state index contributed by atoms with van der Waals surface area (Å²) >= 11 is 0. The van der Waals surface area contributed by atoms with E-state index in [1.54, 1.807) is 18.2 Å². The van der Waals surface area contributed by atoms with Crippen LogP contribution in [-0.2, 0) is 5.41 Å². The number of rotatable bonds is 3. The summed E-state index contributed by atoms with van der Waals surface area (Å²) in [6.07, 6.45) is 0.908. The van der Waals surface area contributed by atoms with Gasteiger partial charge in [0.25, 0.3) is 0 Å². The zero-order valence-corrected chi connectivity index (χ0v) is 13.1. The molecule has 0 aromatic heterocycles. The Labute approximate surface area is 134 Å². The van der Waals surface area contributed by atoms with E-state index in [1.807, 2.05) is 12.1 Å². The molecule has 1 aliphatic heterocycles. The Morgan fingerprint density at radius 3 is 2.26 bits per heavy atom. The summed E-state index contributed by atoms with van der Waals surface area (Å²) in [5.41, 5.74) is 2.24. The van der Waals surface area contributed by atoms with Crippen LogP contribution in [0, 0.1) is 0 Å². The molecule has 3 rings (SSSR count). The third-order valence-corrected chi connectivity index (χ3v) is 4.35. The molecule has 0 atom stereocenters. The molecule has 0 bridgehead atoms. The number of carboxylic acid groups (broad SMARTS) is 1. The fraction of sp³-hybridized carbons (Fsp3) is 0.263. The number of carboxylic acids is 1. The monoisotopic (exact) mass is 310 g/mol. The molecule has 0 saturated carbocycles. The molecule has 0 aliphatic carbocycles. The Morgan fingerprint density at radius 2 is 1.61 bits per heavy atom. The lowest BCUT2D eigenvalue weighted by Crippen LogP contribution is -2.27. The Bertz CT molecular complexity index is 772. The highest BCUT2D eigenvalue weighted by atomic mass is 16.5. The number of ether oxygens (including phenoxy) is 1. The quantitative estimate of drug-likeness (QED) is 0.878. The smallest absolute Gasteiger partial charge is 0.335 e. The van der Waals surface area contributed by atoms with Crippen LogP contribution >= 0.6 is 0 Å². The first-order valence-electron chi connectivity index (χ1n) is 7.54. The maximum atomic E-state index is 12.6. The highest BCUT2D eigenvalue weighted by Crippen LogP contribution is 2.38. The molecule has 0 radical (unpaired) electrons. The summed E-state index contributed by atoms with van der Waals surface area (Å²) in [6.45, 7) is 4.97. The van der Waals surface area contributed by atoms with Gasteiger partial charge in [-0.2, -0.15) is 0 Å². The first-order valence-corrected chi connectivity index (χ1v) is 7.54. The van der Waals surface area contributed by atoms with E-state index in [0.717, 1.165) is 17.7 Å². The second-order valence-electron chi connectivity index (χ2n) is 6.40. The molecule has 1 heterocycles. The summed E-state index contributed by atoms with van der Waals surface area (Å²) in [5, 5.41) is 8.92. The maximum Gasteiger partial charge on any atom is 0.335 e. The van der Waals surface area contributed by atoms with Gasteiger partial charge in [-0.1, -0.05) is 26.0 Å². The summed E-state index contributed by atoms with van der Waals surface area (Å²) in [7, 11) is 0.